The molecule has 1 aromatic heterocycles. The summed E-state index contributed by atoms with van der Waals surface area (Å²) in [5.41, 5.74) is 2.48. The fraction of sp³-hybridized carbons (Fsp3) is 0.250. The van der Waals surface area contributed by atoms with E-state index in [0.29, 0.717) is 11.3 Å². The van der Waals surface area contributed by atoms with Crippen LogP contribution in [0.3, 0.4) is 0 Å². The minimum Gasteiger partial charge on any atom is -0.245 e. The SMILES string of the molecule is CCC(c1cccc(-c2cscn2)c1F)S(N)(=O)=O. The number of hydrogen-bond acceptors (Lipinski definition) is 4. The molecule has 1 unspecified atom stereocenters. The second-order valence-corrected chi connectivity index (χ2v) is 6.53. The summed E-state index contributed by atoms with van der Waals surface area (Å²) >= 11 is 1.35. The highest BCUT2D eigenvalue weighted by atomic mass is 32.2. The van der Waals surface area contributed by atoms with Crippen molar-refractivity contribution < 1.29 is 12.8 Å². The van der Waals surface area contributed by atoms with Gasteiger partial charge in [-0.05, 0) is 12.5 Å². The molecule has 0 bridgehead atoms. The predicted octanol–water partition coefficient (Wildman–Crippen LogP) is 2.69. The lowest BCUT2D eigenvalue weighted by Gasteiger charge is -2.15. The molecule has 0 saturated heterocycles. The maximum Gasteiger partial charge on any atom is 0.216 e. The third-order valence-electron chi connectivity index (χ3n) is 2.85. The Hall–Kier alpha value is -1.31. The van der Waals surface area contributed by atoms with Crippen LogP contribution in [0.1, 0.15) is 24.2 Å². The number of rotatable bonds is 4. The smallest absolute Gasteiger partial charge is 0.216 e. The number of aromatic nitrogens is 1. The van der Waals surface area contributed by atoms with E-state index in [1.165, 1.54) is 17.4 Å². The van der Waals surface area contributed by atoms with Gasteiger partial charge in [0.05, 0.1) is 11.2 Å². The van der Waals surface area contributed by atoms with Gasteiger partial charge in [0.25, 0.3) is 0 Å². The number of nitrogens with zero attached hydrogens (tertiary/aromatic N) is 1. The molecule has 0 radical (unpaired) electrons. The highest BCUT2D eigenvalue weighted by Gasteiger charge is 2.26. The van der Waals surface area contributed by atoms with E-state index in [4.69, 9.17) is 5.14 Å². The van der Waals surface area contributed by atoms with Gasteiger partial charge in [-0.1, -0.05) is 19.1 Å². The van der Waals surface area contributed by atoms with Crippen LogP contribution in [0.2, 0.25) is 0 Å². The molecular formula is C12H13FN2O2S2. The Bertz CT molecular complexity index is 669. The summed E-state index contributed by atoms with van der Waals surface area (Å²) in [6.45, 7) is 1.66. The molecule has 0 fully saturated rings. The van der Waals surface area contributed by atoms with Crippen molar-refractivity contribution in [3.05, 3.63) is 40.5 Å². The van der Waals surface area contributed by atoms with Gasteiger partial charge in [0.1, 0.15) is 11.1 Å². The average Bonchev–Trinajstić information content (AvgIpc) is 2.84. The zero-order chi connectivity index (χ0) is 14.0. The molecule has 2 rings (SSSR count). The van der Waals surface area contributed by atoms with Crippen LogP contribution < -0.4 is 5.14 Å². The van der Waals surface area contributed by atoms with Crippen molar-refractivity contribution >= 4 is 21.4 Å². The monoisotopic (exact) mass is 300 g/mol. The van der Waals surface area contributed by atoms with E-state index in [1.807, 2.05) is 0 Å². The average molecular weight is 300 g/mol. The molecule has 7 heteroatoms. The quantitative estimate of drug-likeness (QED) is 0.943. The molecule has 1 aromatic carbocycles. The number of thiazole rings is 1. The van der Waals surface area contributed by atoms with Gasteiger partial charge in [0, 0.05) is 16.5 Å². The summed E-state index contributed by atoms with van der Waals surface area (Å²) in [7, 11) is -3.83. The minimum atomic E-state index is -3.83. The fourth-order valence-electron chi connectivity index (χ4n) is 1.97. The van der Waals surface area contributed by atoms with Crippen molar-refractivity contribution in [1.29, 1.82) is 0 Å². The summed E-state index contributed by atoms with van der Waals surface area (Å²) in [4.78, 5) is 4.03. The van der Waals surface area contributed by atoms with Gasteiger partial charge < -0.3 is 0 Å². The standard InChI is InChI=1S/C12H13FN2O2S2/c1-2-11(19(14,16)17)9-5-3-4-8(12(9)13)10-6-18-7-15-10/h3-7,11H,2H2,1H3,(H2,14,16,17). The first kappa shape index (κ1) is 14.1. The fourth-order valence-corrected chi connectivity index (χ4v) is 3.52. The van der Waals surface area contributed by atoms with E-state index in [2.05, 4.69) is 4.98 Å². The number of nitrogens with two attached hydrogens (primary N) is 1. The second kappa shape index (κ2) is 5.36. The largest absolute Gasteiger partial charge is 0.245 e. The van der Waals surface area contributed by atoms with Gasteiger partial charge in [0.2, 0.25) is 10.0 Å². The van der Waals surface area contributed by atoms with E-state index in [-0.39, 0.29) is 12.0 Å². The van der Waals surface area contributed by atoms with Crippen LogP contribution in [0.15, 0.2) is 29.1 Å². The van der Waals surface area contributed by atoms with Gasteiger partial charge in [-0.25, -0.2) is 22.9 Å². The molecule has 102 valence electrons. The van der Waals surface area contributed by atoms with E-state index < -0.39 is 21.1 Å². The normalized spacial score (nSPS) is 13.4. The van der Waals surface area contributed by atoms with E-state index in [1.54, 1.807) is 29.9 Å². The molecule has 0 aliphatic rings. The van der Waals surface area contributed by atoms with Crippen molar-refractivity contribution in [1.82, 2.24) is 4.98 Å². The molecule has 2 aromatic rings. The Morgan fingerprint density at radius 2 is 2.21 bits per heavy atom. The van der Waals surface area contributed by atoms with Crippen LogP contribution >= 0.6 is 11.3 Å². The van der Waals surface area contributed by atoms with E-state index in [9.17, 15) is 12.8 Å². The molecule has 0 aliphatic carbocycles. The van der Waals surface area contributed by atoms with Crippen molar-refractivity contribution in [2.24, 2.45) is 5.14 Å². The highest BCUT2D eigenvalue weighted by Crippen LogP contribution is 2.31. The Morgan fingerprint density at radius 1 is 1.47 bits per heavy atom. The third-order valence-corrected chi connectivity index (χ3v) is 4.82. The van der Waals surface area contributed by atoms with Crippen LogP contribution in [0.25, 0.3) is 11.3 Å². The maximum atomic E-state index is 14.4. The Balaban J connectivity index is 2.58. The van der Waals surface area contributed by atoms with Gasteiger partial charge in [-0.3, -0.25) is 0 Å². The number of halogens is 1. The lowest BCUT2D eigenvalue weighted by atomic mass is 10.0. The number of primary sulfonamides is 1. The molecule has 0 aliphatic heterocycles. The van der Waals surface area contributed by atoms with Crippen molar-refractivity contribution in [3.63, 3.8) is 0 Å². The Labute approximate surface area is 115 Å². The molecule has 1 atom stereocenters. The summed E-state index contributed by atoms with van der Waals surface area (Å²) in [5, 5.41) is 5.82. The molecular weight excluding hydrogens is 287 g/mol. The summed E-state index contributed by atoms with van der Waals surface area (Å²) in [6, 6.07) is 4.63. The molecule has 0 spiro atoms. The van der Waals surface area contributed by atoms with Crippen LogP contribution in [-0.2, 0) is 10.0 Å². The zero-order valence-corrected chi connectivity index (χ0v) is 11.8. The van der Waals surface area contributed by atoms with Crippen molar-refractivity contribution in [3.8, 4) is 11.3 Å². The third kappa shape index (κ3) is 2.83. The predicted molar refractivity (Wildman–Crippen MR) is 73.6 cm³/mol. The van der Waals surface area contributed by atoms with Crippen molar-refractivity contribution in [2.75, 3.05) is 0 Å². The summed E-state index contributed by atoms with van der Waals surface area (Å²) in [5.74, 6) is -0.575. The zero-order valence-electron chi connectivity index (χ0n) is 10.2. The van der Waals surface area contributed by atoms with Crippen LogP contribution in [-0.4, -0.2) is 13.4 Å². The van der Waals surface area contributed by atoms with Gasteiger partial charge in [-0.2, -0.15) is 0 Å². The Kier molecular flexibility index (Phi) is 3.98. The molecule has 0 saturated carbocycles. The number of benzene rings is 1. The topological polar surface area (TPSA) is 73.0 Å². The Morgan fingerprint density at radius 3 is 2.74 bits per heavy atom. The first-order chi connectivity index (χ1) is 8.95. The molecule has 4 nitrogen and oxygen atoms in total. The van der Waals surface area contributed by atoms with Crippen LogP contribution in [0.5, 0.6) is 0 Å². The first-order valence-electron chi connectivity index (χ1n) is 5.63. The lowest BCUT2D eigenvalue weighted by molar-refractivity contribution is 0.566. The summed E-state index contributed by atoms with van der Waals surface area (Å²) in [6.07, 6.45) is 0.219. The highest BCUT2D eigenvalue weighted by molar-refractivity contribution is 7.89. The molecule has 1 heterocycles. The number of sulfonamides is 1. The van der Waals surface area contributed by atoms with Gasteiger partial charge >= 0.3 is 0 Å². The molecule has 19 heavy (non-hydrogen) atoms. The minimum absolute atomic E-state index is 0.0931. The lowest BCUT2D eigenvalue weighted by Crippen LogP contribution is -2.22. The first-order valence-corrected chi connectivity index (χ1v) is 8.19. The maximum absolute atomic E-state index is 14.4. The van der Waals surface area contributed by atoms with Crippen LogP contribution in [0, 0.1) is 5.82 Å². The molecule has 2 N–H and O–H groups in total. The second-order valence-electron chi connectivity index (χ2n) is 4.07. The summed E-state index contributed by atoms with van der Waals surface area (Å²) < 4.78 is 37.5. The van der Waals surface area contributed by atoms with Gasteiger partial charge in [-0.15, -0.1) is 11.3 Å². The number of hydrogen-bond donors (Lipinski definition) is 1. The van der Waals surface area contributed by atoms with E-state index in [0.717, 1.165) is 0 Å². The molecule has 0 amide bonds. The van der Waals surface area contributed by atoms with Gasteiger partial charge in [0.15, 0.2) is 0 Å². The van der Waals surface area contributed by atoms with E-state index >= 15 is 0 Å². The van der Waals surface area contributed by atoms with Crippen LogP contribution in [0.4, 0.5) is 4.39 Å². The van der Waals surface area contributed by atoms with Crippen molar-refractivity contribution in [2.45, 2.75) is 18.6 Å².